The molecule has 0 saturated heterocycles. The van der Waals surface area contributed by atoms with Gasteiger partial charge in [-0.2, -0.15) is 0 Å². The van der Waals surface area contributed by atoms with Gasteiger partial charge < -0.3 is 4.74 Å². The zero-order valence-electron chi connectivity index (χ0n) is 17.9. The van der Waals surface area contributed by atoms with Gasteiger partial charge in [0.2, 0.25) is 0 Å². The van der Waals surface area contributed by atoms with E-state index in [9.17, 15) is 4.79 Å². The van der Waals surface area contributed by atoms with Gasteiger partial charge in [-0.3, -0.25) is 0 Å². The molecule has 0 aromatic heterocycles. The number of rotatable bonds is 8. The van der Waals surface area contributed by atoms with Crippen LogP contribution in [0.3, 0.4) is 0 Å². The zero-order chi connectivity index (χ0) is 22.2. The lowest BCUT2D eigenvalue weighted by Crippen LogP contribution is -2.54. The lowest BCUT2D eigenvalue weighted by Gasteiger charge is -2.38. The van der Waals surface area contributed by atoms with E-state index in [0.717, 1.165) is 22.3 Å². The molecule has 4 rings (SSSR count). The third kappa shape index (κ3) is 4.33. The number of carbonyl (C=O) groups excluding carboxylic acids is 1. The van der Waals surface area contributed by atoms with Gasteiger partial charge >= 0.3 is 5.97 Å². The molecular formula is C28H26N2O2. The number of esters is 1. The molecule has 4 aromatic rings. The number of hydrazine groups is 1. The minimum atomic E-state index is -0.745. The number of hydrogen-bond donors (Lipinski definition) is 2. The van der Waals surface area contributed by atoms with Crippen LogP contribution in [0, 0.1) is 0 Å². The van der Waals surface area contributed by atoms with E-state index in [1.165, 1.54) is 7.11 Å². The van der Waals surface area contributed by atoms with Crippen molar-refractivity contribution in [2.75, 3.05) is 7.11 Å². The quantitative estimate of drug-likeness (QED) is 0.239. The molecule has 0 aliphatic heterocycles. The van der Waals surface area contributed by atoms with E-state index < -0.39 is 11.6 Å². The van der Waals surface area contributed by atoms with E-state index in [1.807, 2.05) is 84.9 Å². The second-order valence-electron chi connectivity index (χ2n) is 7.48. The molecule has 4 aromatic carbocycles. The number of carbonyl (C=O) groups is 1. The Bertz CT molecular complexity index is 1020. The number of ether oxygens (including phenoxy) is 1. The van der Waals surface area contributed by atoms with Crippen molar-refractivity contribution in [3.8, 4) is 0 Å². The highest BCUT2D eigenvalue weighted by Crippen LogP contribution is 2.36. The predicted molar refractivity (Wildman–Crippen MR) is 127 cm³/mol. The fourth-order valence-corrected chi connectivity index (χ4v) is 4.00. The molecule has 4 nitrogen and oxygen atoms in total. The number of methoxy groups -OCH3 is 1. The molecule has 0 aliphatic rings. The summed E-state index contributed by atoms with van der Waals surface area (Å²) in [6.45, 7) is 0. The molecule has 0 fully saturated rings. The van der Waals surface area contributed by atoms with Crippen LogP contribution in [0.15, 0.2) is 121 Å². The number of hydrogen-bond acceptors (Lipinski definition) is 4. The van der Waals surface area contributed by atoms with Crippen LogP contribution < -0.4 is 10.9 Å². The Morgan fingerprint density at radius 2 is 1.03 bits per heavy atom. The SMILES string of the molecule is COC(=O)[C@H](NNC(c1ccccc1)(c1ccccc1)c1ccccc1)c1ccccc1. The molecule has 0 saturated carbocycles. The average molecular weight is 423 g/mol. The maximum absolute atomic E-state index is 12.7. The van der Waals surface area contributed by atoms with Crippen molar-refractivity contribution in [2.24, 2.45) is 0 Å². The Kier molecular flexibility index (Phi) is 6.75. The Labute approximate surface area is 188 Å². The Balaban J connectivity index is 1.85. The average Bonchev–Trinajstić information content (AvgIpc) is 2.88. The fraction of sp³-hybridized carbons (Fsp3) is 0.107. The standard InChI is InChI=1S/C28H26N2O2/c1-32-27(31)26(22-14-6-2-7-15-22)29-30-28(23-16-8-3-9-17-23,24-18-10-4-11-19-24)25-20-12-5-13-21-25/h2-21,26,29-30H,1H3/t26-/m1/s1. The molecule has 0 aliphatic carbocycles. The van der Waals surface area contributed by atoms with Crippen LogP contribution in [0.5, 0.6) is 0 Å². The molecule has 0 radical (unpaired) electrons. The number of nitrogens with one attached hydrogen (secondary N) is 2. The number of benzene rings is 4. The molecule has 32 heavy (non-hydrogen) atoms. The van der Waals surface area contributed by atoms with Crippen molar-refractivity contribution in [3.05, 3.63) is 144 Å². The summed E-state index contributed by atoms with van der Waals surface area (Å²) in [5.41, 5.74) is 10.0. The van der Waals surface area contributed by atoms with Crippen LogP contribution in [0.1, 0.15) is 28.3 Å². The van der Waals surface area contributed by atoms with E-state index in [1.54, 1.807) is 0 Å². The van der Waals surface area contributed by atoms with Crippen molar-refractivity contribution in [2.45, 2.75) is 11.6 Å². The van der Waals surface area contributed by atoms with E-state index in [-0.39, 0.29) is 5.97 Å². The minimum absolute atomic E-state index is 0.369. The largest absolute Gasteiger partial charge is 0.468 e. The van der Waals surface area contributed by atoms with Gasteiger partial charge in [0.15, 0.2) is 0 Å². The van der Waals surface area contributed by atoms with Gasteiger partial charge in [-0.25, -0.2) is 15.6 Å². The molecule has 160 valence electrons. The van der Waals surface area contributed by atoms with E-state index in [4.69, 9.17) is 4.74 Å². The Morgan fingerprint density at radius 1 is 0.656 bits per heavy atom. The highest BCUT2D eigenvalue weighted by Gasteiger charge is 2.37. The molecular weight excluding hydrogens is 396 g/mol. The Morgan fingerprint density at radius 3 is 1.41 bits per heavy atom. The van der Waals surface area contributed by atoms with Crippen molar-refractivity contribution in [3.63, 3.8) is 0 Å². The maximum Gasteiger partial charge on any atom is 0.328 e. The van der Waals surface area contributed by atoms with Crippen molar-refractivity contribution < 1.29 is 9.53 Å². The maximum atomic E-state index is 12.7. The Hall–Kier alpha value is -3.73. The second kappa shape index (κ2) is 10.1. The van der Waals surface area contributed by atoms with Crippen LogP contribution in [-0.4, -0.2) is 13.1 Å². The normalized spacial score (nSPS) is 12.2. The smallest absolute Gasteiger partial charge is 0.328 e. The second-order valence-corrected chi connectivity index (χ2v) is 7.48. The van der Waals surface area contributed by atoms with Crippen molar-refractivity contribution >= 4 is 5.97 Å². The third-order valence-corrected chi connectivity index (χ3v) is 5.59. The first-order chi connectivity index (χ1) is 15.8. The summed E-state index contributed by atoms with van der Waals surface area (Å²) in [5.74, 6) is -0.369. The van der Waals surface area contributed by atoms with Gasteiger partial charge in [-0.05, 0) is 22.3 Å². The summed E-state index contributed by atoms with van der Waals surface area (Å²) >= 11 is 0. The van der Waals surface area contributed by atoms with Gasteiger partial charge in [0.25, 0.3) is 0 Å². The molecule has 4 heteroatoms. The zero-order valence-corrected chi connectivity index (χ0v) is 17.9. The minimum Gasteiger partial charge on any atom is -0.468 e. The van der Waals surface area contributed by atoms with E-state index >= 15 is 0 Å². The van der Waals surface area contributed by atoms with Gasteiger partial charge in [-0.15, -0.1) is 0 Å². The third-order valence-electron chi connectivity index (χ3n) is 5.59. The highest BCUT2D eigenvalue weighted by atomic mass is 16.5. The van der Waals surface area contributed by atoms with Gasteiger partial charge in [-0.1, -0.05) is 121 Å². The molecule has 0 heterocycles. The fourth-order valence-electron chi connectivity index (χ4n) is 4.00. The first kappa shape index (κ1) is 21.5. The molecule has 0 amide bonds. The lowest BCUT2D eigenvalue weighted by atomic mass is 9.77. The van der Waals surface area contributed by atoms with Crippen molar-refractivity contribution in [1.29, 1.82) is 0 Å². The first-order valence-electron chi connectivity index (χ1n) is 10.6. The van der Waals surface area contributed by atoms with Crippen LogP contribution in [-0.2, 0) is 15.1 Å². The first-order valence-corrected chi connectivity index (χ1v) is 10.6. The predicted octanol–water partition coefficient (Wildman–Crippen LogP) is 4.99. The molecule has 0 bridgehead atoms. The van der Waals surface area contributed by atoms with Crippen LogP contribution >= 0.6 is 0 Å². The summed E-state index contributed by atoms with van der Waals surface area (Å²) in [5, 5.41) is 0. The van der Waals surface area contributed by atoms with Crippen LogP contribution in [0.4, 0.5) is 0 Å². The summed E-state index contributed by atoms with van der Waals surface area (Å²) in [6.07, 6.45) is 0. The molecule has 0 spiro atoms. The van der Waals surface area contributed by atoms with Crippen LogP contribution in [0.2, 0.25) is 0 Å². The summed E-state index contributed by atoms with van der Waals surface area (Å²) in [4.78, 5) is 12.7. The van der Waals surface area contributed by atoms with Gasteiger partial charge in [0.05, 0.1) is 7.11 Å². The van der Waals surface area contributed by atoms with E-state index in [2.05, 4.69) is 47.2 Å². The van der Waals surface area contributed by atoms with Gasteiger partial charge in [0, 0.05) is 0 Å². The van der Waals surface area contributed by atoms with E-state index in [0.29, 0.717) is 0 Å². The topological polar surface area (TPSA) is 50.4 Å². The summed E-state index contributed by atoms with van der Waals surface area (Å²) in [6, 6.07) is 39.5. The molecule has 1 atom stereocenters. The monoisotopic (exact) mass is 422 g/mol. The summed E-state index contributed by atoms with van der Waals surface area (Å²) in [7, 11) is 1.40. The highest BCUT2D eigenvalue weighted by molar-refractivity contribution is 5.77. The summed E-state index contributed by atoms with van der Waals surface area (Å²) < 4.78 is 5.11. The molecule has 2 N–H and O–H groups in total. The van der Waals surface area contributed by atoms with Crippen molar-refractivity contribution in [1.82, 2.24) is 10.9 Å². The van der Waals surface area contributed by atoms with Crippen LogP contribution in [0.25, 0.3) is 0 Å². The lowest BCUT2D eigenvalue weighted by molar-refractivity contribution is -0.143. The van der Waals surface area contributed by atoms with Gasteiger partial charge in [0.1, 0.15) is 11.6 Å². The molecule has 0 unspecified atom stereocenters.